The second kappa shape index (κ2) is 8.03. The first kappa shape index (κ1) is 18.6. The number of hydrogen-bond donors (Lipinski definition) is 3. The van der Waals surface area contributed by atoms with E-state index in [9.17, 15) is 4.79 Å². The average molecular weight is 363 g/mol. The van der Waals surface area contributed by atoms with Gasteiger partial charge in [0.05, 0.1) is 6.54 Å². The van der Waals surface area contributed by atoms with Crippen LogP contribution in [-0.2, 0) is 4.79 Å². The van der Waals surface area contributed by atoms with Gasteiger partial charge in [0.1, 0.15) is 5.84 Å². The lowest BCUT2D eigenvalue weighted by Crippen LogP contribution is -2.40. The van der Waals surface area contributed by atoms with Crippen molar-refractivity contribution in [3.63, 3.8) is 0 Å². The Hall–Kier alpha value is -3.15. The molecule has 140 valence electrons. The Balaban J connectivity index is 1.74. The van der Waals surface area contributed by atoms with Gasteiger partial charge >= 0.3 is 0 Å². The van der Waals surface area contributed by atoms with E-state index in [1.807, 2.05) is 50.5 Å². The largest absolute Gasteiger partial charge is 0.391 e. The number of nitrogens with zero attached hydrogens (tertiary/aromatic N) is 2. The molecule has 0 radical (unpaired) electrons. The van der Waals surface area contributed by atoms with Crippen molar-refractivity contribution in [1.29, 1.82) is 5.41 Å². The highest BCUT2D eigenvalue weighted by molar-refractivity contribution is 6.07. The highest BCUT2D eigenvalue weighted by Crippen LogP contribution is 2.22. The van der Waals surface area contributed by atoms with Gasteiger partial charge < -0.3 is 15.5 Å². The number of aromatic nitrogens is 1. The number of rotatable bonds is 4. The van der Waals surface area contributed by atoms with E-state index in [4.69, 9.17) is 5.41 Å². The predicted molar refractivity (Wildman–Crippen MR) is 109 cm³/mol. The molecule has 6 heteroatoms. The van der Waals surface area contributed by atoms with Crippen LogP contribution in [0.4, 0.5) is 5.69 Å². The first-order valence-electron chi connectivity index (χ1n) is 9.02. The number of amides is 1. The maximum atomic E-state index is 11.7. The second-order valence-corrected chi connectivity index (χ2v) is 6.66. The lowest BCUT2D eigenvalue weighted by Gasteiger charge is -2.30. The lowest BCUT2D eigenvalue weighted by molar-refractivity contribution is -0.128. The fraction of sp³-hybridized carbons (Fsp3) is 0.286. The Morgan fingerprint density at radius 3 is 2.44 bits per heavy atom. The first-order chi connectivity index (χ1) is 13.0. The van der Waals surface area contributed by atoms with Crippen molar-refractivity contribution in [3.05, 3.63) is 59.6 Å². The Labute approximate surface area is 159 Å². The smallest absolute Gasteiger partial charge is 0.219 e. The molecule has 6 nitrogen and oxygen atoms in total. The summed E-state index contributed by atoms with van der Waals surface area (Å²) < 4.78 is 0. The predicted octanol–water partition coefficient (Wildman–Crippen LogP) is 3.17. The minimum atomic E-state index is 0.0338. The molecule has 0 aliphatic carbocycles. The van der Waals surface area contributed by atoms with E-state index >= 15 is 0 Å². The van der Waals surface area contributed by atoms with Gasteiger partial charge in [-0.1, -0.05) is 18.2 Å². The third-order valence-electron chi connectivity index (χ3n) is 4.79. The molecule has 0 saturated carbocycles. The monoisotopic (exact) mass is 363 g/mol. The summed E-state index contributed by atoms with van der Waals surface area (Å²) in [6.45, 7) is 4.67. The van der Waals surface area contributed by atoms with Gasteiger partial charge in [-0.05, 0) is 30.7 Å². The van der Waals surface area contributed by atoms with Gasteiger partial charge in [-0.25, -0.2) is 0 Å². The van der Waals surface area contributed by atoms with Crippen molar-refractivity contribution in [1.82, 2.24) is 15.2 Å². The van der Waals surface area contributed by atoms with Gasteiger partial charge in [0.25, 0.3) is 0 Å². The van der Waals surface area contributed by atoms with Gasteiger partial charge in [0, 0.05) is 61.3 Å². The molecule has 1 aromatic carbocycles. The molecule has 2 heterocycles. The van der Waals surface area contributed by atoms with Gasteiger partial charge in [0.2, 0.25) is 5.91 Å². The minimum absolute atomic E-state index is 0.0338. The van der Waals surface area contributed by atoms with E-state index in [-0.39, 0.29) is 5.91 Å². The van der Waals surface area contributed by atoms with Crippen LogP contribution in [0.1, 0.15) is 19.0 Å². The number of benzene rings is 1. The molecule has 0 bridgehead atoms. The molecular formula is C21H25N5O. The summed E-state index contributed by atoms with van der Waals surface area (Å²) in [5.74, 6) is 0.349. The molecule has 3 rings (SSSR count). The van der Waals surface area contributed by atoms with Crippen LogP contribution in [-0.4, -0.2) is 41.8 Å². The maximum absolute atomic E-state index is 11.7. The molecule has 1 aromatic heterocycles. The summed E-state index contributed by atoms with van der Waals surface area (Å²) in [6.07, 6.45) is 2.59. The lowest BCUT2D eigenvalue weighted by atomic mass is 10.0. The van der Waals surface area contributed by atoms with Crippen LogP contribution in [0.3, 0.4) is 0 Å². The number of pyridine rings is 1. The summed E-state index contributed by atoms with van der Waals surface area (Å²) in [4.78, 5) is 17.8. The van der Waals surface area contributed by atoms with Crippen molar-refractivity contribution < 1.29 is 4.79 Å². The van der Waals surface area contributed by atoms with Gasteiger partial charge in [-0.15, -0.1) is 0 Å². The fourth-order valence-corrected chi connectivity index (χ4v) is 3.14. The number of carbonyl (C=O) groups is 1. The third kappa shape index (κ3) is 4.34. The Kier molecular flexibility index (Phi) is 5.54. The van der Waals surface area contributed by atoms with Crippen molar-refractivity contribution in [3.8, 4) is 11.1 Å². The number of aryl methyl sites for hydroxylation is 1. The quantitative estimate of drug-likeness (QED) is 0.576. The molecule has 2 aromatic rings. The molecule has 0 saturated heterocycles. The summed E-state index contributed by atoms with van der Waals surface area (Å²) >= 11 is 0. The van der Waals surface area contributed by atoms with Crippen LogP contribution in [0.2, 0.25) is 0 Å². The average Bonchev–Trinajstić information content (AvgIpc) is 2.68. The zero-order chi connectivity index (χ0) is 19.4. The van der Waals surface area contributed by atoms with Gasteiger partial charge in [-0.3, -0.25) is 15.2 Å². The second-order valence-electron chi connectivity index (χ2n) is 6.66. The standard InChI is InChI=1S/C21H25N5O/c1-14-4-5-17(12-24-14)16-6-8-18(9-7-16)25-21(22)19-13-26(15(2)27)11-10-20(19)23-3/h4-9,12,23H,10-11,13H2,1-3H3,(H2,22,25). The number of carbonyl (C=O) groups excluding carboxylic acids is 1. The Morgan fingerprint density at radius 2 is 1.85 bits per heavy atom. The molecule has 0 fully saturated rings. The Bertz CT molecular complexity index is 868. The summed E-state index contributed by atoms with van der Waals surface area (Å²) in [5.41, 5.74) is 5.80. The molecule has 1 aliphatic rings. The van der Waals surface area contributed by atoms with Crippen LogP contribution in [0.5, 0.6) is 0 Å². The van der Waals surface area contributed by atoms with Crippen molar-refractivity contribution in [2.24, 2.45) is 0 Å². The van der Waals surface area contributed by atoms with E-state index in [1.54, 1.807) is 11.8 Å². The van der Waals surface area contributed by atoms with E-state index in [0.717, 1.165) is 40.2 Å². The topological polar surface area (TPSA) is 81.1 Å². The van der Waals surface area contributed by atoms with Gasteiger partial charge in [0.15, 0.2) is 0 Å². The van der Waals surface area contributed by atoms with Crippen LogP contribution >= 0.6 is 0 Å². The summed E-state index contributed by atoms with van der Waals surface area (Å²) in [7, 11) is 1.86. The van der Waals surface area contributed by atoms with E-state index < -0.39 is 0 Å². The molecule has 0 spiro atoms. The highest BCUT2D eigenvalue weighted by atomic mass is 16.2. The van der Waals surface area contributed by atoms with E-state index in [2.05, 4.69) is 21.7 Å². The van der Waals surface area contributed by atoms with E-state index in [1.165, 1.54) is 0 Å². The van der Waals surface area contributed by atoms with Crippen LogP contribution in [0.15, 0.2) is 53.9 Å². The number of amidine groups is 1. The minimum Gasteiger partial charge on any atom is -0.391 e. The fourth-order valence-electron chi connectivity index (χ4n) is 3.14. The van der Waals surface area contributed by atoms with Crippen LogP contribution in [0, 0.1) is 12.3 Å². The van der Waals surface area contributed by atoms with Crippen LogP contribution < -0.4 is 10.6 Å². The molecule has 1 amide bonds. The number of hydrogen-bond acceptors (Lipinski definition) is 4. The number of nitrogens with one attached hydrogen (secondary N) is 3. The zero-order valence-electron chi connectivity index (χ0n) is 16.0. The molecule has 27 heavy (non-hydrogen) atoms. The van der Waals surface area contributed by atoms with Crippen molar-refractivity contribution in [2.75, 3.05) is 25.5 Å². The molecule has 0 unspecified atom stereocenters. The number of anilines is 1. The Morgan fingerprint density at radius 1 is 1.15 bits per heavy atom. The summed E-state index contributed by atoms with van der Waals surface area (Å²) in [6, 6.07) is 12.0. The van der Waals surface area contributed by atoms with Crippen molar-refractivity contribution in [2.45, 2.75) is 20.3 Å². The third-order valence-corrected chi connectivity index (χ3v) is 4.79. The van der Waals surface area contributed by atoms with E-state index in [0.29, 0.717) is 18.9 Å². The molecule has 0 atom stereocenters. The normalized spacial score (nSPS) is 14.1. The molecule has 1 aliphatic heterocycles. The first-order valence-corrected chi connectivity index (χ1v) is 9.02. The highest BCUT2D eigenvalue weighted by Gasteiger charge is 2.23. The zero-order valence-corrected chi connectivity index (χ0v) is 16.0. The van der Waals surface area contributed by atoms with Crippen LogP contribution in [0.25, 0.3) is 11.1 Å². The van der Waals surface area contributed by atoms with Gasteiger partial charge in [-0.2, -0.15) is 0 Å². The van der Waals surface area contributed by atoms with Crippen molar-refractivity contribution >= 4 is 17.4 Å². The maximum Gasteiger partial charge on any atom is 0.219 e. The molecular weight excluding hydrogens is 338 g/mol. The molecule has 3 N–H and O–H groups in total. The SMILES string of the molecule is CNC1=C(C(=N)Nc2ccc(-c3ccc(C)nc3)cc2)CN(C(C)=O)CC1. The summed E-state index contributed by atoms with van der Waals surface area (Å²) in [5, 5.41) is 14.8.